The molecule has 3 rings (SSSR count). The van der Waals surface area contributed by atoms with Gasteiger partial charge in [-0.15, -0.1) is 0 Å². The molecule has 1 amide bonds. The van der Waals surface area contributed by atoms with Crippen LogP contribution in [0.25, 0.3) is 0 Å². The van der Waals surface area contributed by atoms with Crippen molar-refractivity contribution in [2.24, 2.45) is 0 Å². The lowest BCUT2D eigenvalue weighted by molar-refractivity contribution is 0.102. The third-order valence-electron chi connectivity index (χ3n) is 3.40. The third-order valence-corrected chi connectivity index (χ3v) is 3.40. The smallest absolute Gasteiger partial charge is 0.255 e. The lowest BCUT2D eigenvalue weighted by Gasteiger charge is -2.09. The van der Waals surface area contributed by atoms with Gasteiger partial charge >= 0.3 is 0 Å². The van der Waals surface area contributed by atoms with Crippen LogP contribution >= 0.6 is 0 Å². The molecular weight excluding hydrogens is 316 g/mol. The van der Waals surface area contributed by atoms with Crippen LogP contribution in [0.1, 0.15) is 17.3 Å². The number of ether oxygens (including phenoxy) is 2. The van der Waals surface area contributed by atoms with Crippen LogP contribution in [0, 0.1) is 0 Å². The fraction of sp³-hybridized carbons (Fsp3) is 0.100. The molecule has 3 aromatic rings. The zero-order chi connectivity index (χ0) is 17.5. The standard InChI is InChI=1S/C20H18N2O3/c1-2-24-17-8-6-15(7-9-17)20(23)22-16-4-3-5-19(14-16)25-18-10-12-21-13-11-18/h3-14H,2H2,1H3,(H,22,23). The number of rotatable bonds is 6. The summed E-state index contributed by atoms with van der Waals surface area (Å²) in [6.07, 6.45) is 3.32. The van der Waals surface area contributed by atoms with E-state index < -0.39 is 0 Å². The maximum atomic E-state index is 12.4. The first-order valence-corrected chi connectivity index (χ1v) is 7.97. The number of pyridine rings is 1. The average Bonchev–Trinajstić information content (AvgIpc) is 2.64. The molecule has 0 saturated heterocycles. The number of carbonyl (C=O) groups excluding carboxylic acids is 1. The van der Waals surface area contributed by atoms with Crippen molar-refractivity contribution < 1.29 is 14.3 Å². The first kappa shape index (κ1) is 16.5. The summed E-state index contributed by atoms with van der Waals surface area (Å²) >= 11 is 0. The number of hydrogen-bond donors (Lipinski definition) is 1. The molecular formula is C20H18N2O3. The second-order valence-electron chi connectivity index (χ2n) is 5.22. The molecule has 5 heteroatoms. The second-order valence-corrected chi connectivity index (χ2v) is 5.22. The molecule has 0 bridgehead atoms. The molecule has 5 nitrogen and oxygen atoms in total. The molecule has 0 aliphatic heterocycles. The maximum absolute atomic E-state index is 12.4. The van der Waals surface area contributed by atoms with Gasteiger partial charge in [-0.2, -0.15) is 0 Å². The quantitative estimate of drug-likeness (QED) is 0.720. The van der Waals surface area contributed by atoms with E-state index in [1.165, 1.54) is 0 Å². The van der Waals surface area contributed by atoms with Crippen molar-refractivity contribution in [2.45, 2.75) is 6.92 Å². The Labute approximate surface area is 146 Å². The van der Waals surface area contributed by atoms with Crippen LogP contribution in [0.5, 0.6) is 17.2 Å². The van der Waals surface area contributed by atoms with Gasteiger partial charge < -0.3 is 14.8 Å². The molecule has 25 heavy (non-hydrogen) atoms. The van der Waals surface area contributed by atoms with E-state index in [1.807, 2.05) is 25.1 Å². The molecule has 1 aromatic heterocycles. The molecule has 1 heterocycles. The largest absolute Gasteiger partial charge is 0.494 e. The Kier molecular flexibility index (Phi) is 5.26. The molecule has 0 saturated carbocycles. The van der Waals surface area contributed by atoms with Gasteiger partial charge in [-0.05, 0) is 55.5 Å². The summed E-state index contributed by atoms with van der Waals surface area (Å²) in [6.45, 7) is 2.51. The van der Waals surface area contributed by atoms with Crippen molar-refractivity contribution in [1.82, 2.24) is 4.98 Å². The summed E-state index contributed by atoms with van der Waals surface area (Å²) in [4.78, 5) is 16.3. The predicted octanol–water partition coefficient (Wildman–Crippen LogP) is 4.52. The number of anilines is 1. The number of nitrogens with one attached hydrogen (secondary N) is 1. The van der Waals surface area contributed by atoms with Crippen molar-refractivity contribution in [3.05, 3.63) is 78.6 Å². The fourth-order valence-electron chi connectivity index (χ4n) is 2.25. The minimum absolute atomic E-state index is 0.191. The van der Waals surface area contributed by atoms with Crippen LogP contribution in [0.3, 0.4) is 0 Å². The maximum Gasteiger partial charge on any atom is 0.255 e. The molecule has 0 radical (unpaired) electrons. The van der Waals surface area contributed by atoms with Gasteiger partial charge in [0.25, 0.3) is 5.91 Å². The van der Waals surface area contributed by atoms with E-state index in [2.05, 4.69) is 10.3 Å². The Hall–Kier alpha value is -3.34. The van der Waals surface area contributed by atoms with Gasteiger partial charge in [0.15, 0.2) is 0 Å². The number of aromatic nitrogens is 1. The van der Waals surface area contributed by atoms with E-state index in [0.717, 1.165) is 5.75 Å². The number of carbonyl (C=O) groups is 1. The second kappa shape index (κ2) is 7.97. The van der Waals surface area contributed by atoms with Gasteiger partial charge in [-0.1, -0.05) is 6.07 Å². The Bertz CT molecular complexity index is 833. The fourth-order valence-corrected chi connectivity index (χ4v) is 2.25. The van der Waals surface area contributed by atoms with Crippen LogP contribution in [-0.2, 0) is 0 Å². The van der Waals surface area contributed by atoms with E-state index >= 15 is 0 Å². The summed E-state index contributed by atoms with van der Waals surface area (Å²) < 4.78 is 11.1. The normalized spacial score (nSPS) is 10.1. The first-order chi connectivity index (χ1) is 12.2. The van der Waals surface area contributed by atoms with Crippen LogP contribution in [0.15, 0.2) is 73.1 Å². The summed E-state index contributed by atoms with van der Waals surface area (Å²) in [5.41, 5.74) is 1.22. The minimum Gasteiger partial charge on any atom is -0.494 e. The Balaban J connectivity index is 1.68. The van der Waals surface area contributed by atoms with E-state index in [4.69, 9.17) is 9.47 Å². The van der Waals surface area contributed by atoms with Crippen LogP contribution in [0.2, 0.25) is 0 Å². The third kappa shape index (κ3) is 4.57. The summed E-state index contributed by atoms with van der Waals surface area (Å²) in [6, 6.07) is 17.8. The highest BCUT2D eigenvalue weighted by atomic mass is 16.5. The monoisotopic (exact) mass is 334 g/mol. The average molecular weight is 334 g/mol. The van der Waals surface area contributed by atoms with Gasteiger partial charge in [-0.3, -0.25) is 9.78 Å². The molecule has 0 aliphatic carbocycles. The predicted molar refractivity (Wildman–Crippen MR) is 96.3 cm³/mol. The summed E-state index contributed by atoms with van der Waals surface area (Å²) in [7, 11) is 0. The summed E-state index contributed by atoms with van der Waals surface area (Å²) in [5, 5.41) is 2.86. The zero-order valence-corrected chi connectivity index (χ0v) is 13.8. The van der Waals surface area contributed by atoms with E-state index in [-0.39, 0.29) is 5.91 Å². The van der Waals surface area contributed by atoms with Crippen LogP contribution < -0.4 is 14.8 Å². The molecule has 0 spiro atoms. The molecule has 2 aromatic carbocycles. The number of benzene rings is 2. The van der Waals surface area contributed by atoms with Crippen LogP contribution in [-0.4, -0.2) is 17.5 Å². The van der Waals surface area contributed by atoms with E-state index in [1.54, 1.807) is 54.9 Å². The number of amides is 1. The highest BCUT2D eigenvalue weighted by Crippen LogP contribution is 2.24. The minimum atomic E-state index is -0.191. The van der Waals surface area contributed by atoms with Crippen molar-refractivity contribution >= 4 is 11.6 Å². The van der Waals surface area contributed by atoms with E-state index in [0.29, 0.717) is 29.4 Å². The Morgan fingerprint density at radius 3 is 2.44 bits per heavy atom. The number of hydrogen-bond acceptors (Lipinski definition) is 4. The lowest BCUT2D eigenvalue weighted by Crippen LogP contribution is -2.11. The highest BCUT2D eigenvalue weighted by molar-refractivity contribution is 6.04. The van der Waals surface area contributed by atoms with Crippen molar-refractivity contribution in [3.8, 4) is 17.2 Å². The van der Waals surface area contributed by atoms with Gasteiger partial charge in [0.05, 0.1) is 6.61 Å². The topological polar surface area (TPSA) is 60.5 Å². The van der Waals surface area contributed by atoms with Crippen molar-refractivity contribution in [2.75, 3.05) is 11.9 Å². The first-order valence-electron chi connectivity index (χ1n) is 7.97. The summed E-state index contributed by atoms with van der Waals surface area (Å²) in [5.74, 6) is 1.87. The Morgan fingerprint density at radius 1 is 0.960 bits per heavy atom. The molecule has 0 unspecified atom stereocenters. The highest BCUT2D eigenvalue weighted by Gasteiger charge is 2.07. The molecule has 1 N–H and O–H groups in total. The number of nitrogens with zero attached hydrogens (tertiary/aromatic N) is 1. The van der Waals surface area contributed by atoms with Gasteiger partial charge in [0.1, 0.15) is 17.2 Å². The zero-order valence-electron chi connectivity index (χ0n) is 13.8. The van der Waals surface area contributed by atoms with Crippen molar-refractivity contribution in [3.63, 3.8) is 0 Å². The molecule has 126 valence electrons. The lowest BCUT2D eigenvalue weighted by atomic mass is 10.2. The van der Waals surface area contributed by atoms with Gasteiger partial charge in [-0.25, -0.2) is 0 Å². The molecule has 0 atom stereocenters. The van der Waals surface area contributed by atoms with Crippen molar-refractivity contribution in [1.29, 1.82) is 0 Å². The molecule has 0 aliphatic rings. The van der Waals surface area contributed by atoms with E-state index in [9.17, 15) is 4.79 Å². The molecule has 0 fully saturated rings. The van der Waals surface area contributed by atoms with Crippen LogP contribution in [0.4, 0.5) is 5.69 Å². The van der Waals surface area contributed by atoms with Gasteiger partial charge in [0, 0.05) is 29.7 Å². The SMILES string of the molecule is CCOc1ccc(C(=O)Nc2cccc(Oc3ccncc3)c2)cc1. The van der Waals surface area contributed by atoms with Gasteiger partial charge in [0.2, 0.25) is 0 Å². The Morgan fingerprint density at radius 2 is 1.72 bits per heavy atom.